The number of amides is 1. The van der Waals surface area contributed by atoms with E-state index in [1.165, 1.54) is 28.4 Å². The Morgan fingerprint density at radius 2 is 1.94 bits per heavy atom. The van der Waals surface area contributed by atoms with Gasteiger partial charge in [0.05, 0.1) is 5.57 Å². The molecular formula is C24H15ClFNO4S. The van der Waals surface area contributed by atoms with Crippen LogP contribution in [0.3, 0.4) is 0 Å². The number of fused-ring (bicyclic) bond motifs is 1. The van der Waals surface area contributed by atoms with Crippen molar-refractivity contribution in [3.05, 3.63) is 104 Å². The Morgan fingerprint density at radius 3 is 2.66 bits per heavy atom. The summed E-state index contributed by atoms with van der Waals surface area (Å²) in [6, 6.07) is 15.1. The van der Waals surface area contributed by atoms with Crippen LogP contribution >= 0.6 is 22.9 Å². The number of aliphatic hydroxyl groups excluding tert-OH is 1. The standard InChI is InChI=1S/C24H15ClFNO4S/c25-15-5-8-17-14(10-15)11-18(31-17)22(28)20-21(19-2-1-9-32-19)27(24(30)23(20)29)12-13-3-6-16(26)7-4-13/h1-11,21,29H,12H2. The summed E-state index contributed by atoms with van der Waals surface area (Å²) in [7, 11) is 0. The summed E-state index contributed by atoms with van der Waals surface area (Å²) in [5, 5.41) is 13.7. The van der Waals surface area contributed by atoms with E-state index in [0.717, 1.165) is 0 Å². The van der Waals surface area contributed by atoms with Crippen molar-refractivity contribution in [2.45, 2.75) is 12.6 Å². The number of hydrogen-bond donors (Lipinski definition) is 1. The Kier molecular flexibility index (Phi) is 5.07. The second-order valence-electron chi connectivity index (χ2n) is 7.36. The molecule has 1 N–H and O–H groups in total. The lowest BCUT2D eigenvalue weighted by Gasteiger charge is -2.25. The van der Waals surface area contributed by atoms with Gasteiger partial charge in [0, 0.05) is 21.8 Å². The highest BCUT2D eigenvalue weighted by Crippen LogP contribution is 2.42. The number of ketones is 1. The van der Waals surface area contributed by atoms with Gasteiger partial charge in [0.2, 0.25) is 5.78 Å². The quantitative estimate of drug-likeness (QED) is 0.362. The minimum absolute atomic E-state index is 0.00167. The fraction of sp³-hybridized carbons (Fsp3) is 0.0833. The summed E-state index contributed by atoms with van der Waals surface area (Å²) in [4.78, 5) is 28.5. The zero-order valence-corrected chi connectivity index (χ0v) is 18.0. The first-order valence-electron chi connectivity index (χ1n) is 9.68. The van der Waals surface area contributed by atoms with Gasteiger partial charge in [-0.2, -0.15) is 0 Å². The second kappa shape index (κ2) is 7.93. The third-order valence-corrected chi connectivity index (χ3v) is 6.49. The number of nitrogens with zero attached hydrogens (tertiary/aromatic N) is 1. The number of Topliss-reactive ketones (excluding diaryl/α,β-unsaturated/α-hetero) is 1. The summed E-state index contributed by atoms with van der Waals surface area (Å²) < 4.78 is 19.0. The first-order chi connectivity index (χ1) is 15.4. The lowest BCUT2D eigenvalue weighted by molar-refractivity contribution is -0.130. The third-order valence-electron chi connectivity index (χ3n) is 5.33. The zero-order chi connectivity index (χ0) is 22.4. The Morgan fingerprint density at radius 1 is 1.16 bits per heavy atom. The lowest BCUT2D eigenvalue weighted by Crippen LogP contribution is -2.30. The van der Waals surface area contributed by atoms with Gasteiger partial charge in [-0.3, -0.25) is 9.59 Å². The zero-order valence-electron chi connectivity index (χ0n) is 16.4. The minimum Gasteiger partial charge on any atom is -0.503 e. The molecule has 1 atom stereocenters. The van der Waals surface area contributed by atoms with E-state index in [4.69, 9.17) is 16.0 Å². The second-order valence-corrected chi connectivity index (χ2v) is 8.78. The molecule has 4 aromatic rings. The van der Waals surface area contributed by atoms with Crippen LogP contribution in [0.4, 0.5) is 4.39 Å². The van der Waals surface area contributed by atoms with Crippen molar-refractivity contribution in [1.29, 1.82) is 0 Å². The van der Waals surface area contributed by atoms with Crippen LogP contribution in [0.2, 0.25) is 5.02 Å². The van der Waals surface area contributed by atoms with Gasteiger partial charge >= 0.3 is 0 Å². The molecule has 32 heavy (non-hydrogen) atoms. The molecule has 0 radical (unpaired) electrons. The third kappa shape index (κ3) is 3.49. The summed E-state index contributed by atoms with van der Waals surface area (Å²) in [6.45, 7) is 0.0955. The van der Waals surface area contributed by atoms with E-state index in [9.17, 15) is 19.1 Å². The predicted octanol–water partition coefficient (Wildman–Crippen LogP) is 6.07. The number of furan rings is 1. The Bertz CT molecular complexity index is 1380. The van der Waals surface area contributed by atoms with Crippen LogP contribution in [0.5, 0.6) is 0 Å². The van der Waals surface area contributed by atoms with Gasteiger partial charge in [-0.05, 0) is 53.4 Å². The maximum Gasteiger partial charge on any atom is 0.290 e. The van der Waals surface area contributed by atoms with Crippen LogP contribution in [0.1, 0.15) is 27.0 Å². The Balaban J connectivity index is 1.56. The molecule has 0 fully saturated rings. The molecule has 8 heteroatoms. The van der Waals surface area contributed by atoms with Crippen LogP contribution in [0, 0.1) is 5.82 Å². The summed E-state index contributed by atoms with van der Waals surface area (Å²) in [5.74, 6) is -2.26. The number of benzene rings is 2. The van der Waals surface area contributed by atoms with E-state index >= 15 is 0 Å². The van der Waals surface area contributed by atoms with Crippen LogP contribution in [0.15, 0.2) is 81.8 Å². The van der Waals surface area contributed by atoms with E-state index in [-0.39, 0.29) is 17.9 Å². The van der Waals surface area contributed by atoms with E-state index in [2.05, 4.69) is 0 Å². The fourth-order valence-electron chi connectivity index (χ4n) is 3.84. The van der Waals surface area contributed by atoms with Gasteiger partial charge < -0.3 is 14.4 Å². The van der Waals surface area contributed by atoms with Crippen LogP contribution in [-0.4, -0.2) is 21.7 Å². The van der Waals surface area contributed by atoms with Crippen molar-refractivity contribution in [3.63, 3.8) is 0 Å². The van der Waals surface area contributed by atoms with E-state index in [1.54, 1.807) is 48.5 Å². The normalized spacial score (nSPS) is 16.4. The molecule has 0 bridgehead atoms. The van der Waals surface area contributed by atoms with Gasteiger partial charge in [-0.15, -0.1) is 11.3 Å². The Labute approximate surface area is 191 Å². The first kappa shape index (κ1) is 20.5. The fourth-order valence-corrected chi connectivity index (χ4v) is 4.86. The van der Waals surface area contributed by atoms with Crippen molar-refractivity contribution in [3.8, 4) is 0 Å². The number of hydrogen-bond acceptors (Lipinski definition) is 5. The average molecular weight is 468 g/mol. The lowest BCUT2D eigenvalue weighted by atomic mass is 10.00. The number of carbonyl (C=O) groups excluding carboxylic acids is 2. The average Bonchev–Trinajstić information content (AvgIpc) is 3.50. The van der Waals surface area contributed by atoms with Crippen LogP contribution in [0.25, 0.3) is 11.0 Å². The van der Waals surface area contributed by atoms with Gasteiger partial charge in [0.15, 0.2) is 11.5 Å². The number of carbonyl (C=O) groups is 2. The van der Waals surface area contributed by atoms with Crippen LogP contribution < -0.4 is 0 Å². The van der Waals surface area contributed by atoms with Crippen molar-refractivity contribution < 1.29 is 23.5 Å². The number of aliphatic hydroxyl groups is 1. The highest BCUT2D eigenvalue weighted by molar-refractivity contribution is 7.10. The highest BCUT2D eigenvalue weighted by atomic mass is 35.5. The molecule has 0 saturated carbocycles. The largest absolute Gasteiger partial charge is 0.503 e. The van der Waals surface area contributed by atoms with Gasteiger partial charge in [0.1, 0.15) is 17.4 Å². The first-order valence-corrected chi connectivity index (χ1v) is 10.9. The minimum atomic E-state index is -0.795. The van der Waals surface area contributed by atoms with E-state index in [1.807, 2.05) is 5.38 Å². The molecule has 160 valence electrons. The SMILES string of the molecule is O=C(C1=C(O)C(=O)N(Cc2ccc(F)cc2)C1c1cccs1)c1cc2cc(Cl)ccc2o1. The molecule has 1 unspecified atom stereocenters. The van der Waals surface area contributed by atoms with Crippen molar-refractivity contribution in [1.82, 2.24) is 4.90 Å². The van der Waals surface area contributed by atoms with Gasteiger partial charge in [-0.1, -0.05) is 29.8 Å². The maximum atomic E-state index is 13.4. The van der Waals surface area contributed by atoms with Crippen LogP contribution in [-0.2, 0) is 11.3 Å². The predicted molar refractivity (Wildman–Crippen MR) is 119 cm³/mol. The summed E-state index contributed by atoms with van der Waals surface area (Å²) in [6.07, 6.45) is 0. The molecule has 1 aliphatic rings. The number of rotatable bonds is 5. The smallest absolute Gasteiger partial charge is 0.290 e. The molecule has 1 amide bonds. The van der Waals surface area contributed by atoms with E-state index < -0.39 is 29.3 Å². The number of thiophene rings is 1. The molecule has 2 aromatic heterocycles. The van der Waals surface area contributed by atoms with Crippen molar-refractivity contribution in [2.24, 2.45) is 0 Å². The molecule has 0 saturated heterocycles. The monoisotopic (exact) mass is 467 g/mol. The molecular weight excluding hydrogens is 453 g/mol. The molecule has 2 aromatic carbocycles. The summed E-state index contributed by atoms with van der Waals surface area (Å²) in [5.41, 5.74) is 1.09. The Hall–Kier alpha value is -3.42. The topological polar surface area (TPSA) is 70.8 Å². The summed E-state index contributed by atoms with van der Waals surface area (Å²) >= 11 is 7.39. The molecule has 0 aliphatic carbocycles. The molecule has 3 heterocycles. The maximum absolute atomic E-state index is 13.4. The molecule has 5 nitrogen and oxygen atoms in total. The van der Waals surface area contributed by atoms with Gasteiger partial charge in [-0.25, -0.2) is 4.39 Å². The van der Waals surface area contributed by atoms with Crippen molar-refractivity contribution >= 4 is 45.6 Å². The highest BCUT2D eigenvalue weighted by Gasteiger charge is 2.45. The van der Waals surface area contributed by atoms with E-state index in [0.29, 0.717) is 26.4 Å². The number of halogens is 2. The molecule has 5 rings (SSSR count). The molecule has 1 aliphatic heterocycles. The van der Waals surface area contributed by atoms with Gasteiger partial charge in [0.25, 0.3) is 5.91 Å². The van der Waals surface area contributed by atoms with Crippen molar-refractivity contribution in [2.75, 3.05) is 0 Å². The molecule has 0 spiro atoms.